The van der Waals surface area contributed by atoms with Crippen LogP contribution in [-0.2, 0) is 19.1 Å². The molecule has 2 amide bonds. The Balaban J connectivity index is 1.80. The van der Waals surface area contributed by atoms with Crippen LogP contribution in [0.5, 0.6) is 0 Å². The van der Waals surface area contributed by atoms with Crippen molar-refractivity contribution in [3.8, 4) is 0 Å². The summed E-state index contributed by atoms with van der Waals surface area (Å²) in [6, 6.07) is 5.58. The van der Waals surface area contributed by atoms with Gasteiger partial charge in [0.15, 0.2) is 0 Å². The van der Waals surface area contributed by atoms with E-state index in [-0.39, 0.29) is 42.7 Å². The molecule has 0 aliphatic carbocycles. The molecule has 1 aromatic rings. The molecule has 3 aliphatic rings. The van der Waals surface area contributed by atoms with Crippen LogP contribution in [0.4, 0.5) is 5.69 Å². The van der Waals surface area contributed by atoms with E-state index in [2.05, 4.69) is 13.2 Å². The minimum absolute atomic E-state index is 0.000319. The number of halogens is 1. The number of benzene rings is 1. The summed E-state index contributed by atoms with van der Waals surface area (Å²) in [5.74, 6) is -2.31. The Morgan fingerprint density at radius 1 is 1.36 bits per heavy atom. The lowest BCUT2D eigenvalue weighted by Crippen LogP contribution is -2.59. The molecule has 7 atom stereocenters. The molecular formula is C27H33ClN2O5S. The number of anilines is 1. The number of thioether (sulfide) groups is 1. The van der Waals surface area contributed by atoms with Crippen LogP contribution in [0.15, 0.2) is 49.6 Å². The van der Waals surface area contributed by atoms with Crippen molar-refractivity contribution in [2.75, 3.05) is 24.7 Å². The number of likely N-dealkylation sites (tertiary alicyclic amines) is 1. The summed E-state index contributed by atoms with van der Waals surface area (Å²) in [5.41, 5.74) is 0.526. The fourth-order valence-electron chi connectivity index (χ4n) is 6.16. The number of carbonyl (C=O) groups is 3. The summed E-state index contributed by atoms with van der Waals surface area (Å²) < 4.78 is 4.71. The Morgan fingerprint density at radius 2 is 2.08 bits per heavy atom. The van der Waals surface area contributed by atoms with Crippen LogP contribution in [0.3, 0.4) is 0 Å². The molecule has 2 bridgehead atoms. The van der Waals surface area contributed by atoms with Crippen molar-refractivity contribution in [2.24, 2.45) is 17.8 Å². The highest BCUT2D eigenvalue weighted by Crippen LogP contribution is 2.69. The van der Waals surface area contributed by atoms with Crippen LogP contribution < -0.4 is 4.90 Å². The second-order valence-electron chi connectivity index (χ2n) is 9.76. The molecule has 1 spiro atoms. The first-order valence-corrected chi connectivity index (χ1v) is 13.5. The van der Waals surface area contributed by atoms with Gasteiger partial charge in [-0.15, -0.1) is 24.9 Å². The Hall–Kier alpha value is -2.29. The largest absolute Gasteiger partial charge is 0.465 e. The van der Waals surface area contributed by atoms with Crippen LogP contribution in [0.25, 0.3) is 0 Å². The van der Waals surface area contributed by atoms with Crippen LogP contribution in [0, 0.1) is 17.8 Å². The zero-order chi connectivity index (χ0) is 26.2. The van der Waals surface area contributed by atoms with Gasteiger partial charge in [-0.3, -0.25) is 14.4 Å². The first-order chi connectivity index (χ1) is 17.2. The third-order valence-corrected chi connectivity index (χ3v) is 10.1. The number of hydrogen-bond donors (Lipinski definition) is 1. The highest BCUT2D eigenvalue weighted by atomic mass is 35.5. The lowest BCUT2D eigenvalue weighted by Gasteiger charge is -2.41. The second kappa shape index (κ2) is 10.6. The van der Waals surface area contributed by atoms with Gasteiger partial charge < -0.3 is 19.6 Å². The highest BCUT2D eigenvalue weighted by Gasteiger charge is 2.77. The molecule has 3 aliphatic heterocycles. The molecule has 3 heterocycles. The number of aliphatic hydroxyl groups is 1. The molecule has 0 saturated carbocycles. The molecule has 1 N–H and O–H groups in total. The number of nitrogens with zero attached hydrogens (tertiary/aromatic N) is 2. The molecule has 3 saturated heterocycles. The van der Waals surface area contributed by atoms with E-state index in [1.54, 1.807) is 60.0 Å². The summed E-state index contributed by atoms with van der Waals surface area (Å²) in [4.78, 5) is 44.7. The fraction of sp³-hybridized carbons (Fsp3) is 0.519. The predicted octanol–water partition coefficient (Wildman–Crippen LogP) is 3.70. The molecule has 4 rings (SSSR count). The maximum atomic E-state index is 14.4. The van der Waals surface area contributed by atoms with Gasteiger partial charge in [0, 0.05) is 11.8 Å². The molecule has 3 unspecified atom stereocenters. The van der Waals surface area contributed by atoms with Crippen LogP contribution in [0.2, 0.25) is 5.02 Å². The molecule has 0 aromatic heterocycles. The Labute approximate surface area is 221 Å². The number of para-hydroxylation sites is 1. The Bertz CT molecular complexity index is 1070. The van der Waals surface area contributed by atoms with Gasteiger partial charge in [0.25, 0.3) is 5.91 Å². The van der Waals surface area contributed by atoms with Crippen molar-refractivity contribution in [3.05, 3.63) is 54.6 Å². The number of carbonyl (C=O) groups excluding carboxylic acids is 3. The smallest absolute Gasteiger partial charge is 0.310 e. The number of fused-ring (bicyclic) bond motifs is 1. The minimum Gasteiger partial charge on any atom is -0.465 e. The van der Waals surface area contributed by atoms with E-state index in [4.69, 9.17) is 16.3 Å². The van der Waals surface area contributed by atoms with Crippen molar-refractivity contribution < 1.29 is 24.2 Å². The number of ether oxygens (including phenoxy) is 1. The van der Waals surface area contributed by atoms with Gasteiger partial charge in [-0.1, -0.05) is 42.8 Å². The molecule has 194 valence electrons. The van der Waals surface area contributed by atoms with Gasteiger partial charge in [-0.2, -0.15) is 0 Å². The van der Waals surface area contributed by atoms with Gasteiger partial charge in [-0.25, -0.2) is 0 Å². The molecule has 9 heteroatoms. The van der Waals surface area contributed by atoms with Crippen LogP contribution in [0.1, 0.15) is 26.7 Å². The third-order valence-electron chi connectivity index (χ3n) is 7.72. The Kier molecular flexibility index (Phi) is 7.88. The number of aliphatic hydroxyl groups excluding tert-OH is 1. The molecule has 7 nitrogen and oxygen atoms in total. The minimum atomic E-state index is -0.871. The van der Waals surface area contributed by atoms with E-state index in [9.17, 15) is 19.5 Å². The molecule has 1 aromatic carbocycles. The first kappa shape index (κ1) is 26.8. The highest BCUT2D eigenvalue weighted by molar-refractivity contribution is 8.02. The van der Waals surface area contributed by atoms with E-state index in [0.29, 0.717) is 23.6 Å². The molecule has 36 heavy (non-hydrogen) atoms. The van der Waals surface area contributed by atoms with Gasteiger partial charge in [0.2, 0.25) is 5.91 Å². The topological polar surface area (TPSA) is 87.1 Å². The molecule has 3 fully saturated rings. The molecule has 0 radical (unpaired) electrons. The van der Waals surface area contributed by atoms with Crippen molar-refractivity contribution in [2.45, 2.75) is 48.8 Å². The lowest BCUT2D eigenvalue weighted by molar-refractivity contribution is -0.154. The monoisotopic (exact) mass is 532 g/mol. The average Bonchev–Trinajstić information content (AvgIpc) is 3.46. The zero-order valence-electron chi connectivity index (χ0n) is 20.6. The van der Waals surface area contributed by atoms with E-state index in [1.165, 1.54) is 4.90 Å². The summed E-state index contributed by atoms with van der Waals surface area (Å²) in [6.45, 7) is 11.4. The third kappa shape index (κ3) is 4.07. The number of amides is 2. The SMILES string of the molecule is C=CCCOC(=O)[C@@H]1[C@H]2C(=O)N([C@H](C)CO)C(C(=O)N(CC=C)c3ccccc3Cl)C23S[C@@H]1CC3C. The maximum absolute atomic E-state index is 14.4. The first-order valence-electron chi connectivity index (χ1n) is 12.3. The predicted molar refractivity (Wildman–Crippen MR) is 142 cm³/mol. The number of rotatable bonds is 10. The van der Waals surface area contributed by atoms with Gasteiger partial charge in [0.1, 0.15) is 6.04 Å². The van der Waals surface area contributed by atoms with Crippen molar-refractivity contribution >= 4 is 46.8 Å². The van der Waals surface area contributed by atoms with Gasteiger partial charge >= 0.3 is 5.97 Å². The van der Waals surface area contributed by atoms with Crippen LogP contribution >= 0.6 is 23.4 Å². The lowest BCUT2D eigenvalue weighted by atomic mass is 9.66. The van der Waals surface area contributed by atoms with Crippen molar-refractivity contribution in [3.63, 3.8) is 0 Å². The number of hydrogen-bond acceptors (Lipinski definition) is 6. The van der Waals surface area contributed by atoms with E-state index >= 15 is 0 Å². The quantitative estimate of drug-likeness (QED) is 0.281. The normalized spacial score (nSPS) is 31.2. The van der Waals surface area contributed by atoms with Crippen molar-refractivity contribution in [1.29, 1.82) is 0 Å². The standard InChI is InChI=1S/C27H33ClN2O5S/c1-5-7-13-35-26(34)21-20-14-16(3)27(36-20)22(21)24(32)30(17(4)15-31)23(27)25(33)29(12-6-2)19-11-9-8-10-18(19)28/h5-6,8-11,16-17,20-23,31H,1-2,7,12-15H2,3-4H3/t16?,17-,20-,21+,22+,23?,27?/m1/s1. The van der Waals surface area contributed by atoms with Gasteiger partial charge in [-0.05, 0) is 37.8 Å². The second-order valence-corrected chi connectivity index (χ2v) is 11.7. The van der Waals surface area contributed by atoms with E-state index in [1.807, 2.05) is 6.92 Å². The zero-order valence-corrected chi connectivity index (χ0v) is 22.2. The Morgan fingerprint density at radius 3 is 2.72 bits per heavy atom. The summed E-state index contributed by atoms with van der Waals surface area (Å²) in [7, 11) is 0. The summed E-state index contributed by atoms with van der Waals surface area (Å²) >= 11 is 8.05. The number of esters is 1. The summed E-state index contributed by atoms with van der Waals surface area (Å²) in [6.07, 6.45) is 4.53. The maximum Gasteiger partial charge on any atom is 0.310 e. The van der Waals surface area contributed by atoms with Crippen LogP contribution in [-0.4, -0.2) is 69.6 Å². The average molecular weight is 533 g/mol. The molecular weight excluding hydrogens is 500 g/mol. The van der Waals surface area contributed by atoms with E-state index < -0.39 is 34.6 Å². The summed E-state index contributed by atoms with van der Waals surface area (Å²) in [5, 5.41) is 10.4. The van der Waals surface area contributed by atoms with Gasteiger partial charge in [0.05, 0.1) is 46.5 Å². The van der Waals surface area contributed by atoms with Crippen molar-refractivity contribution in [1.82, 2.24) is 4.90 Å². The van der Waals surface area contributed by atoms with E-state index in [0.717, 1.165) is 0 Å². The fourth-order valence-corrected chi connectivity index (χ4v) is 8.79.